The van der Waals surface area contributed by atoms with Gasteiger partial charge in [-0.3, -0.25) is 38.5 Å². The molecule has 0 aliphatic carbocycles. The minimum Gasteiger partial charge on any atom is -0.394 e. The molecule has 0 aromatic rings. The highest BCUT2D eigenvalue weighted by molar-refractivity contribution is 6.21. The van der Waals surface area contributed by atoms with Crippen LogP contribution in [0, 0.1) is 0 Å². The van der Waals surface area contributed by atoms with Crippen LogP contribution in [0.4, 0.5) is 0 Å². The van der Waals surface area contributed by atoms with E-state index in [9.17, 15) is 131 Å². The van der Waals surface area contributed by atoms with Gasteiger partial charge in [-0.25, -0.2) is 0 Å². The Morgan fingerprint density at radius 1 is 0.291 bits per heavy atom. The maximum absolute atomic E-state index is 13.2. The summed E-state index contributed by atoms with van der Waals surface area (Å²) >= 11 is 5.33. The molecule has 46 heteroatoms. The van der Waals surface area contributed by atoms with Crippen molar-refractivity contribution in [2.75, 3.05) is 105 Å². The number of nitrogens with one attached hydrogen (secondary N) is 6. The average molecular weight is 1620 g/mol. The lowest BCUT2D eigenvalue weighted by Gasteiger charge is -2.46. The molecule has 0 aromatic carbocycles. The number of aliphatic hydroxyl groups excluding tert-OH is 20. The summed E-state index contributed by atoms with van der Waals surface area (Å²) < 4.78 is 67.0. The van der Waals surface area contributed by atoms with Crippen molar-refractivity contribution in [1.29, 1.82) is 0 Å². The first-order valence-electron chi connectivity index (χ1n) is 36.5. The molecule has 6 amide bonds. The lowest BCUT2D eigenvalue weighted by atomic mass is 9.96. The fourth-order valence-electron chi connectivity index (χ4n) is 12.5. The molecule has 0 spiro atoms. The van der Waals surface area contributed by atoms with E-state index in [0.29, 0.717) is 57.8 Å². The van der Waals surface area contributed by atoms with Gasteiger partial charge in [0.05, 0.1) is 72.5 Å². The monoisotopic (exact) mass is 1620 g/mol. The fraction of sp³-hybridized carbons (Fsp3) is 0.906. The summed E-state index contributed by atoms with van der Waals surface area (Å²) in [6.07, 6.45) is -48.1. The van der Waals surface area contributed by atoms with Crippen molar-refractivity contribution in [2.24, 2.45) is 0 Å². The minimum absolute atomic E-state index is 0.0220. The number of carbonyl (C=O) groups excluding carboxylic acids is 6. The van der Waals surface area contributed by atoms with Gasteiger partial charge in [0.15, 0.2) is 37.7 Å². The lowest BCUT2D eigenvalue weighted by molar-refractivity contribution is -0.366. The number of hydrogen-bond donors (Lipinski definition) is 26. The van der Waals surface area contributed by atoms with Crippen molar-refractivity contribution >= 4 is 47.2 Å². The Kier molecular flexibility index (Phi) is 41.6. The molecule has 6 aliphatic rings. The van der Waals surface area contributed by atoms with Gasteiger partial charge in [0, 0.05) is 63.8 Å². The molecular formula is C64H112ClN7O38. The van der Waals surface area contributed by atoms with Crippen LogP contribution in [0.3, 0.4) is 0 Å². The maximum Gasteiger partial charge on any atom is 0.234 e. The van der Waals surface area contributed by atoms with Gasteiger partial charge in [0.2, 0.25) is 35.4 Å². The van der Waals surface area contributed by atoms with Crippen molar-refractivity contribution in [1.82, 2.24) is 36.3 Å². The van der Waals surface area contributed by atoms with Crippen LogP contribution in [0.5, 0.6) is 0 Å². The SMILES string of the molecule is O=C(CCCCCNC(=O)CN(CC(=O)NCCCCCC(=O)NCCO[C@H]1OC(CO[C@H]2O[C@H](CO)[C@@H](O)C(O)C2O)[C@@H](O)C(O[C@H]2OC(CO)[C@@H](O)C(O)C2O)[C@@H]1O)CC(=O)NCCCCCC(=O)NCCO[C@H]1O[C@H](CO[C@H]2OC(CO)[C@@H](O)C(O)C2O)[C@@H](O)C(O[C@H]2OC(CO)[C@@H](O)[C@H](O)C2O)[C@@H]1O)NCl. The molecule has 45 nitrogen and oxygen atoms in total. The summed E-state index contributed by atoms with van der Waals surface area (Å²) in [5.41, 5.74) is 0. The van der Waals surface area contributed by atoms with Gasteiger partial charge in [-0.2, -0.15) is 0 Å². The Balaban J connectivity index is 0.901. The summed E-state index contributed by atoms with van der Waals surface area (Å²) in [5.74, 6) is -2.73. The Bertz CT molecular complexity index is 2560. The van der Waals surface area contributed by atoms with Gasteiger partial charge in [-0.05, 0) is 38.5 Å². The first-order chi connectivity index (χ1) is 52.5. The highest BCUT2D eigenvalue weighted by Crippen LogP contribution is 2.34. The summed E-state index contributed by atoms with van der Waals surface area (Å²) in [4.78, 5) is 80.0. The van der Waals surface area contributed by atoms with E-state index >= 15 is 0 Å². The van der Waals surface area contributed by atoms with E-state index in [1.165, 1.54) is 4.90 Å². The van der Waals surface area contributed by atoms with Crippen LogP contribution in [0.25, 0.3) is 0 Å². The second-order valence-electron chi connectivity index (χ2n) is 27.3. The Labute approximate surface area is 635 Å². The van der Waals surface area contributed by atoms with Gasteiger partial charge in [0.1, 0.15) is 146 Å². The van der Waals surface area contributed by atoms with Crippen LogP contribution < -0.4 is 31.4 Å². The molecule has 6 fully saturated rings. The second-order valence-corrected chi connectivity index (χ2v) is 27.5. The molecule has 6 heterocycles. The highest BCUT2D eigenvalue weighted by Gasteiger charge is 2.55. The average Bonchev–Trinajstić information content (AvgIpc) is 0.786. The fourth-order valence-corrected chi connectivity index (χ4v) is 12.6. The third kappa shape index (κ3) is 28.3. The predicted molar refractivity (Wildman–Crippen MR) is 361 cm³/mol. The Morgan fingerprint density at radius 3 is 0.873 bits per heavy atom. The summed E-state index contributed by atoms with van der Waals surface area (Å²) in [6.45, 7) is -6.14. The number of hydrogen-bond acceptors (Lipinski definition) is 39. The molecular weight excluding hydrogens is 1510 g/mol. The summed E-state index contributed by atoms with van der Waals surface area (Å²) in [5, 5.41) is 222. The Morgan fingerprint density at radius 2 is 0.564 bits per heavy atom. The Hall–Kier alpha value is -4.21. The van der Waals surface area contributed by atoms with E-state index < -0.39 is 253 Å². The topological polar surface area (TPSA) is 693 Å². The van der Waals surface area contributed by atoms with Gasteiger partial charge in [-0.15, -0.1) is 0 Å². The van der Waals surface area contributed by atoms with Gasteiger partial charge < -0.3 is 186 Å². The van der Waals surface area contributed by atoms with Crippen molar-refractivity contribution in [3.63, 3.8) is 0 Å². The molecule has 0 aromatic heterocycles. The molecule has 6 saturated heterocycles. The molecule has 30 atom stereocenters. The van der Waals surface area contributed by atoms with Gasteiger partial charge in [-0.1, -0.05) is 19.3 Å². The zero-order valence-corrected chi connectivity index (χ0v) is 61.0. The number of nitrogens with zero attached hydrogens (tertiary/aromatic N) is 1. The van der Waals surface area contributed by atoms with E-state index in [0.717, 1.165) is 0 Å². The molecule has 638 valence electrons. The molecule has 6 aliphatic heterocycles. The quantitative estimate of drug-likeness (QED) is 0.0199. The second kappa shape index (κ2) is 48.4. The molecule has 0 saturated carbocycles. The normalized spacial score (nSPS) is 36.8. The largest absolute Gasteiger partial charge is 0.394 e. The minimum atomic E-state index is -1.97. The zero-order valence-electron chi connectivity index (χ0n) is 60.2. The highest BCUT2D eigenvalue weighted by atomic mass is 35.5. The van der Waals surface area contributed by atoms with Crippen LogP contribution in [0.1, 0.15) is 77.0 Å². The summed E-state index contributed by atoms with van der Waals surface area (Å²) in [6, 6.07) is 0. The number of carbonyl (C=O) groups is 6. The third-order valence-electron chi connectivity index (χ3n) is 18.9. The standard InChI is InChI=1S/C64H112ClN7O38/c65-71-37(79)12-6-3-9-15-68-40(82)22-72(20-38(80)66-13-7-1-4-10-35(77)69-16-18-99-61-55(97)57(109-63-53(95)49(91)43(85)31(25-75)105-63)45(87)33(107-61)27-101-59-51(93)47(89)41(83)29(23-73)103-59)21-39(81)67-14-8-2-5-11-36(78)70-17-19-100-62-56(98)58(110-64-54(96)50(92)44(86)32(26-76)106-64)46(88)34(108-62)28-102-60-52(94)48(90)42(84)30(24-74)104-60/h29-34,41-64,73-76,83-98H,1-28H2,(H,66,80)(H,67,81)(H,68,82)(H,69,77)(H,70,78)(H,71,79)/t29-,30?,31?,32?,33?,34-,41-,42-,43-,44-,45-,46-,47?,48?,49?,50+,51?,52?,53?,54?,55+,56+,57?,58?,59+,60+,61+,62+,63-,64-/m1/s1. The predicted octanol–water partition coefficient (Wildman–Crippen LogP) is -14.2. The van der Waals surface area contributed by atoms with E-state index in [4.69, 9.17) is 68.6 Å². The van der Waals surface area contributed by atoms with Crippen LogP contribution in [0.2, 0.25) is 0 Å². The molecule has 13 unspecified atom stereocenters. The van der Waals surface area contributed by atoms with E-state index in [2.05, 4.69) is 26.6 Å². The van der Waals surface area contributed by atoms with Crippen molar-refractivity contribution in [2.45, 2.75) is 261 Å². The number of ether oxygens (including phenoxy) is 12. The number of unbranched alkanes of at least 4 members (excludes halogenated alkanes) is 6. The van der Waals surface area contributed by atoms with E-state index in [-0.39, 0.29) is 90.7 Å². The zero-order chi connectivity index (χ0) is 80.9. The van der Waals surface area contributed by atoms with Crippen LogP contribution in [0.15, 0.2) is 0 Å². The smallest absolute Gasteiger partial charge is 0.234 e. The third-order valence-corrected chi connectivity index (χ3v) is 19.1. The van der Waals surface area contributed by atoms with Crippen molar-refractivity contribution < 1.29 is 188 Å². The molecule has 26 N–H and O–H groups in total. The number of halogens is 1. The van der Waals surface area contributed by atoms with Crippen LogP contribution in [-0.4, -0.2) is 432 Å². The van der Waals surface area contributed by atoms with E-state index in [1.54, 1.807) is 0 Å². The maximum atomic E-state index is 13.2. The summed E-state index contributed by atoms with van der Waals surface area (Å²) in [7, 11) is 0. The number of aliphatic hydroxyl groups is 20. The van der Waals surface area contributed by atoms with Crippen molar-refractivity contribution in [3.8, 4) is 0 Å². The van der Waals surface area contributed by atoms with Gasteiger partial charge in [0.25, 0.3) is 0 Å². The number of amides is 6. The first-order valence-corrected chi connectivity index (χ1v) is 36.8. The van der Waals surface area contributed by atoms with E-state index in [1.807, 2.05) is 4.84 Å². The van der Waals surface area contributed by atoms with Crippen LogP contribution >= 0.6 is 11.8 Å². The van der Waals surface area contributed by atoms with Crippen LogP contribution in [-0.2, 0) is 85.6 Å². The molecule has 0 radical (unpaired) electrons. The first kappa shape index (κ1) is 94.6. The molecule has 110 heavy (non-hydrogen) atoms. The molecule has 0 bridgehead atoms. The number of rotatable bonds is 46. The molecule has 6 rings (SSSR count). The lowest BCUT2D eigenvalue weighted by Crippen LogP contribution is -2.65. The van der Waals surface area contributed by atoms with Crippen molar-refractivity contribution in [3.05, 3.63) is 0 Å². The van der Waals surface area contributed by atoms with Gasteiger partial charge >= 0.3 is 0 Å².